The number of hydrogen-bond acceptors (Lipinski definition) is 2. The summed E-state index contributed by atoms with van der Waals surface area (Å²) in [7, 11) is -7.61. The van der Waals surface area contributed by atoms with Crippen LogP contribution in [-0.4, -0.2) is 97.0 Å². The average Bonchev–Trinajstić information content (AvgIpc) is 2.24. The van der Waals surface area contributed by atoms with Gasteiger partial charge in [-0.2, -0.15) is 65.5 Å². The van der Waals surface area contributed by atoms with Gasteiger partial charge in [0, 0.05) is 0 Å². The van der Waals surface area contributed by atoms with E-state index in [1.165, 1.54) is 0 Å². The predicted molar refractivity (Wildman–Crippen MR) is 50.9 cm³/mol. The summed E-state index contributed by atoms with van der Waals surface area (Å²) >= 11 is 0. The van der Waals surface area contributed by atoms with Crippen molar-refractivity contribution in [3.8, 4) is 0 Å². The summed E-state index contributed by atoms with van der Waals surface area (Å²) < 4.78 is 188. The molecule has 0 unspecified atom stereocenters. The third-order valence-corrected chi connectivity index (χ3v) is 3.13. The Bertz CT molecular complexity index is 565. The van der Waals surface area contributed by atoms with Crippen molar-refractivity contribution in [3.63, 3.8) is 0 Å². The molecule has 0 atom stereocenters. The molecule has 0 aliphatic rings. The third-order valence-electron chi connectivity index (χ3n) is 2.23. The van der Waals surface area contributed by atoms with Gasteiger partial charge in [0.2, 0.25) is 0 Å². The molecular weight excluding hydrogens is 536 g/mol. The Hall–Kier alpha value is 0.571. The Kier molecular flexibility index (Phi) is 7.40. The van der Waals surface area contributed by atoms with Crippen molar-refractivity contribution in [2.24, 2.45) is 0 Å². The molecule has 1 N–H and O–H groups in total. The summed E-state index contributed by atoms with van der Waals surface area (Å²) in [6.45, 7) is 0. The van der Waals surface area contributed by atoms with E-state index >= 15 is 0 Å². The molecule has 0 aromatic carbocycles. The molecule has 144 valence electrons. The van der Waals surface area contributed by atoms with E-state index in [0.29, 0.717) is 0 Å². The minimum absolute atomic E-state index is 0. The van der Waals surface area contributed by atoms with E-state index in [4.69, 9.17) is 4.55 Å². The van der Waals surface area contributed by atoms with Gasteiger partial charge in [-0.15, -0.1) is 0 Å². The Morgan fingerprint density at radius 1 is 0.542 bits per heavy atom. The molecule has 0 saturated carbocycles. The van der Waals surface area contributed by atoms with Crippen LogP contribution >= 0.6 is 0 Å². The molecule has 0 saturated heterocycles. The standard InChI is InChI=1S/C6HF13O3S.Ba.2H/c7-1(8,3(11,12)5(15,16)17)2(9,10)4(13,14)6(18,19)23(20,21)22;;;/h(H,20,21,22);;;. The van der Waals surface area contributed by atoms with E-state index in [2.05, 4.69) is 0 Å². The van der Waals surface area contributed by atoms with E-state index in [0.717, 1.165) is 0 Å². The predicted octanol–water partition coefficient (Wildman–Crippen LogP) is 2.65. The van der Waals surface area contributed by atoms with E-state index in [-0.39, 0.29) is 48.9 Å². The fourth-order valence-corrected chi connectivity index (χ4v) is 1.37. The maximum atomic E-state index is 12.7. The van der Waals surface area contributed by atoms with Crippen LogP contribution in [0.25, 0.3) is 0 Å². The maximum absolute atomic E-state index is 12.7. The van der Waals surface area contributed by atoms with E-state index < -0.39 is 45.2 Å². The van der Waals surface area contributed by atoms with Crippen LogP contribution in [0.1, 0.15) is 0 Å². The van der Waals surface area contributed by atoms with Crippen LogP contribution in [0.4, 0.5) is 57.1 Å². The molecule has 0 aliphatic heterocycles. The number of hydrogen-bond donors (Lipinski definition) is 1. The number of alkyl halides is 13. The van der Waals surface area contributed by atoms with E-state index in [1.807, 2.05) is 0 Å². The van der Waals surface area contributed by atoms with Crippen molar-refractivity contribution in [3.05, 3.63) is 0 Å². The Balaban J connectivity index is 0. The zero-order valence-electron chi connectivity index (χ0n) is 9.59. The summed E-state index contributed by atoms with van der Waals surface area (Å²) in [5.74, 6) is -32.5. The second kappa shape index (κ2) is 6.63. The minimum atomic E-state index is -8.25. The van der Waals surface area contributed by atoms with Gasteiger partial charge in [0.1, 0.15) is 0 Å². The second-order valence-corrected chi connectivity index (χ2v) is 5.25. The first-order valence-electron chi connectivity index (χ1n) is 4.43. The van der Waals surface area contributed by atoms with Crippen LogP contribution < -0.4 is 0 Å². The summed E-state index contributed by atoms with van der Waals surface area (Å²) in [4.78, 5) is 0. The monoisotopic (exact) mass is 540 g/mol. The van der Waals surface area contributed by atoms with Gasteiger partial charge in [-0.05, 0) is 0 Å². The van der Waals surface area contributed by atoms with E-state index in [1.54, 1.807) is 0 Å². The molecule has 18 heteroatoms. The van der Waals surface area contributed by atoms with E-state index in [9.17, 15) is 65.5 Å². The van der Waals surface area contributed by atoms with Gasteiger partial charge in [-0.1, -0.05) is 0 Å². The molecule has 0 aromatic rings. The van der Waals surface area contributed by atoms with Crippen molar-refractivity contribution in [2.75, 3.05) is 0 Å². The molecule has 0 aliphatic carbocycles. The van der Waals surface area contributed by atoms with Crippen LogP contribution in [0.15, 0.2) is 0 Å². The Morgan fingerprint density at radius 2 is 0.792 bits per heavy atom. The summed E-state index contributed by atoms with van der Waals surface area (Å²) in [6, 6.07) is 0. The van der Waals surface area contributed by atoms with Crippen LogP contribution in [0, 0.1) is 0 Å². The average molecular weight is 539 g/mol. The van der Waals surface area contributed by atoms with Gasteiger partial charge >= 0.3 is 94.1 Å². The van der Waals surface area contributed by atoms with Gasteiger partial charge in [0.15, 0.2) is 0 Å². The van der Waals surface area contributed by atoms with Crippen LogP contribution in [0.3, 0.4) is 0 Å². The van der Waals surface area contributed by atoms with Gasteiger partial charge in [0.05, 0.1) is 0 Å². The molecule has 0 aromatic heterocycles. The first kappa shape index (κ1) is 26.8. The summed E-state index contributed by atoms with van der Waals surface area (Å²) in [5.41, 5.74) is 0. The van der Waals surface area contributed by atoms with Crippen molar-refractivity contribution in [1.29, 1.82) is 0 Å². The normalized spacial score (nSPS) is 15.9. The topological polar surface area (TPSA) is 54.4 Å². The van der Waals surface area contributed by atoms with Crippen LogP contribution in [0.2, 0.25) is 0 Å². The molecule has 0 spiro atoms. The van der Waals surface area contributed by atoms with Gasteiger partial charge in [-0.3, -0.25) is 4.55 Å². The molecule has 0 fully saturated rings. The van der Waals surface area contributed by atoms with Crippen LogP contribution in [-0.2, 0) is 10.1 Å². The number of halogens is 13. The Labute approximate surface area is 163 Å². The van der Waals surface area contributed by atoms with Gasteiger partial charge in [-0.25, -0.2) is 0 Å². The van der Waals surface area contributed by atoms with Crippen molar-refractivity contribution in [1.82, 2.24) is 0 Å². The second-order valence-electron chi connectivity index (χ2n) is 3.79. The number of rotatable bonds is 5. The first-order valence-corrected chi connectivity index (χ1v) is 5.87. The van der Waals surface area contributed by atoms with Gasteiger partial charge < -0.3 is 0 Å². The fourth-order valence-electron chi connectivity index (χ4n) is 0.917. The summed E-state index contributed by atoms with van der Waals surface area (Å²) in [5, 5.41) is -7.52. The first-order chi connectivity index (χ1) is 9.50. The molecule has 0 bridgehead atoms. The van der Waals surface area contributed by atoms with Crippen molar-refractivity contribution < 1.29 is 70.0 Å². The molecule has 3 nitrogen and oxygen atoms in total. The summed E-state index contributed by atoms with van der Waals surface area (Å²) in [6.07, 6.45) is -7.59. The Morgan fingerprint density at radius 3 is 1.00 bits per heavy atom. The van der Waals surface area contributed by atoms with Gasteiger partial charge in [0.25, 0.3) is 0 Å². The SMILES string of the molecule is O=S(=O)(O)C(F)(F)C(F)(F)C(F)(F)C(F)(F)C(F)(F)C(F)(F)F.[BaH2]. The third kappa shape index (κ3) is 3.53. The molecule has 24 heavy (non-hydrogen) atoms. The molecule has 0 rings (SSSR count). The molecular formula is C6H3BaF13O3S. The molecule has 0 heterocycles. The van der Waals surface area contributed by atoms with Crippen molar-refractivity contribution >= 4 is 59.0 Å². The quantitative estimate of drug-likeness (QED) is 0.332. The zero-order chi connectivity index (χ0) is 19.5. The van der Waals surface area contributed by atoms with Crippen molar-refractivity contribution in [2.45, 2.75) is 35.1 Å². The molecule has 0 amide bonds. The fraction of sp³-hybridized carbons (Fsp3) is 1.00. The zero-order valence-corrected chi connectivity index (χ0v) is 10.4. The van der Waals surface area contributed by atoms with Crippen LogP contribution in [0.5, 0.6) is 0 Å². The molecule has 0 radical (unpaired) electrons.